The molecule has 2 atom stereocenters. The minimum absolute atomic E-state index is 0.472. The average molecular weight is 168 g/mol. The van der Waals surface area contributed by atoms with E-state index in [1.54, 1.807) is 14.2 Å². The first-order chi connectivity index (χ1) is 5.88. The van der Waals surface area contributed by atoms with Gasteiger partial charge in [-0.1, -0.05) is 24.3 Å². The lowest BCUT2D eigenvalue weighted by molar-refractivity contribution is 0.106. The van der Waals surface area contributed by atoms with Crippen LogP contribution in [0.4, 0.5) is 0 Å². The largest absolute Gasteiger partial charge is 0.384 e. The summed E-state index contributed by atoms with van der Waals surface area (Å²) in [5.41, 5.74) is 0. The van der Waals surface area contributed by atoms with Gasteiger partial charge in [-0.15, -0.1) is 0 Å². The van der Waals surface area contributed by atoms with E-state index in [4.69, 9.17) is 9.47 Å². The van der Waals surface area contributed by atoms with Crippen LogP contribution in [0.2, 0.25) is 0 Å². The lowest BCUT2D eigenvalue weighted by Crippen LogP contribution is -2.21. The summed E-state index contributed by atoms with van der Waals surface area (Å²) >= 11 is 0. The fraction of sp³-hybridized carbons (Fsp3) is 0.600. The van der Waals surface area contributed by atoms with Gasteiger partial charge in [-0.3, -0.25) is 0 Å². The minimum Gasteiger partial charge on any atom is -0.384 e. The molecule has 12 heavy (non-hydrogen) atoms. The van der Waals surface area contributed by atoms with Crippen LogP contribution < -0.4 is 0 Å². The number of ether oxygens (including phenoxy) is 2. The molecule has 0 N–H and O–H groups in total. The molecule has 2 nitrogen and oxygen atoms in total. The monoisotopic (exact) mass is 168 g/mol. The summed E-state index contributed by atoms with van der Waals surface area (Å²) in [5, 5.41) is 0. The van der Waals surface area contributed by atoms with Crippen molar-refractivity contribution in [2.24, 2.45) is 11.8 Å². The zero-order valence-electron chi connectivity index (χ0n) is 7.69. The minimum atomic E-state index is 0.472. The molecule has 1 rings (SSSR count). The van der Waals surface area contributed by atoms with Gasteiger partial charge in [0.15, 0.2) is 0 Å². The Balaban J connectivity index is 2.45. The Bertz CT molecular complexity index is 153. The molecule has 0 aromatic carbocycles. The molecule has 0 aliphatic heterocycles. The van der Waals surface area contributed by atoms with Crippen molar-refractivity contribution in [3.05, 3.63) is 24.3 Å². The molecule has 0 saturated carbocycles. The molecular formula is C10H16O2. The van der Waals surface area contributed by atoms with Crippen molar-refractivity contribution in [2.75, 3.05) is 27.4 Å². The van der Waals surface area contributed by atoms with Crippen molar-refractivity contribution in [3.8, 4) is 0 Å². The summed E-state index contributed by atoms with van der Waals surface area (Å²) in [6.45, 7) is 1.55. The molecule has 0 radical (unpaired) electrons. The van der Waals surface area contributed by atoms with Crippen LogP contribution in [-0.4, -0.2) is 27.4 Å². The molecule has 68 valence electrons. The van der Waals surface area contributed by atoms with Crippen LogP contribution in [0.1, 0.15) is 0 Å². The smallest absolute Gasteiger partial charge is 0.0531 e. The molecule has 1 aliphatic carbocycles. The third-order valence-corrected chi connectivity index (χ3v) is 2.10. The van der Waals surface area contributed by atoms with Crippen LogP contribution in [0, 0.1) is 11.8 Å². The number of methoxy groups -OCH3 is 2. The van der Waals surface area contributed by atoms with Crippen molar-refractivity contribution in [1.29, 1.82) is 0 Å². The van der Waals surface area contributed by atoms with E-state index in [1.807, 2.05) is 0 Å². The Hall–Kier alpha value is -0.600. The van der Waals surface area contributed by atoms with Crippen LogP contribution in [0.3, 0.4) is 0 Å². The SMILES string of the molecule is COC[C@H]1C=CC=C[C@H]1COC. The van der Waals surface area contributed by atoms with Crippen LogP contribution in [-0.2, 0) is 9.47 Å². The van der Waals surface area contributed by atoms with E-state index in [0.29, 0.717) is 11.8 Å². The summed E-state index contributed by atoms with van der Waals surface area (Å²) < 4.78 is 10.2. The molecule has 0 aromatic heterocycles. The summed E-state index contributed by atoms with van der Waals surface area (Å²) in [4.78, 5) is 0. The van der Waals surface area contributed by atoms with Gasteiger partial charge in [-0.2, -0.15) is 0 Å². The molecule has 0 amide bonds. The second-order valence-corrected chi connectivity index (χ2v) is 3.01. The van der Waals surface area contributed by atoms with Crippen molar-refractivity contribution in [1.82, 2.24) is 0 Å². The highest BCUT2D eigenvalue weighted by Crippen LogP contribution is 2.19. The molecule has 0 bridgehead atoms. The molecular weight excluding hydrogens is 152 g/mol. The van der Waals surface area contributed by atoms with E-state index in [0.717, 1.165) is 13.2 Å². The summed E-state index contributed by atoms with van der Waals surface area (Å²) in [5.74, 6) is 0.944. The molecule has 1 aliphatic rings. The van der Waals surface area contributed by atoms with Crippen molar-refractivity contribution >= 4 is 0 Å². The topological polar surface area (TPSA) is 18.5 Å². The highest BCUT2D eigenvalue weighted by Gasteiger charge is 2.17. The molecule has 2 heteroatoms. The number of allylic oxidation sites excluding steroid dienone is 2. The normalized spacial score (nSPS) is 27.8. The Labute approximate surface area is 73.9 Å². The molecule has 0 spiro atoms. The van der Waals surface area contributed by atoms with Gasteiger partial charge in [0.25, 0.3) is 0 Å². The summed E-state index contributed by atoms with van der Waals surface area (Å²) in [7, 11) is 3.46. The van der Waals surface area contributed by atoms with E-state index >= 15 is 0 Å². The fourth-order valence-electron chi connectivity index (χ4n) is 1.44. The van der Waals surface area contributed by atoms with E-state index < -0.39 is 0 Å². The van der Waals surface area contributed by atoms with E-state index in [2.05, 4.69) is 24.3 Å². The van der Waals surface area contributed by atoms with Crippen LogP contribution in [0.5, 0.6) is 0 Å². The maximum Gasteiger partial charge on any atom is 0.0531 e. The van der Waals surface area contributed by atoms with Gasteiger partial charge in [-0.25, -0.2) is 0 Å². The van der Waals surface area contributed by atoms with Gasteiger partial charge >= 0.3 is 0 Å². The quantitative estimate of drug-likeness (QED) is 0.635. The van der Waals surface area contributed by atoms with Crippen molar-refractivity contribution in [2.45, 2.75) is 0 Å². The lowest BCUT2D eigenvalue weighted by atomic mass is 9.90. The molecule has 0 saturated heterocycles. The Morgan fingerprint density at radius 2 is 1.33 bits per heavy atom. The Kier molecular flexibility index (Phi) is 4.05. The zero-order valence-corrected chi connectivity index (χ0v) is 7.69. The highest BCUT2D eigenvalue weighted by atomic mass is 16.5. The van der Waals surface area contributed by atoms with Crippen molar-refractivity contribution < 1.29 is 9.47 Å². The second-order valence-electron chi connectivity index (χ2n) is 3.01. The first-order valence-corrected chi connectivity index (χ1v) is 4.21. The van der Waals surface area contributed by atoms with Gasteiger partial charge in [0, 0.05) is 26.1 Å². The van der Waals surface area contributed by atoms with Crippen LogP contribution in [0.15, 0.2) is 24.3 Å². The van der Waals surface area contributed by atoms with Crippen LogP contribution in [0.25, 0.3) is 0 Å². The van der Waals surface area contributed by atoms with E-state index in [-0.39, 0.29) is 0 Å². The first kappa shape index (κ1) is 9.49. The maximum absolute atomic E-state index is 5.12. The number of rotatable bonds is 4. The van der Waals surface area contributed by atoms with Gasteiger partial charge in [0.05, 0.1) is 13.2 Å². The first-order valence-electron chi connectivity index (χ1n) is 4.21. The number of hydrogen-bond donors (Lipinski definition) is 0. The Morgan fingerprint density at radius 1 is 0.917 bits per heavy atom. The van der Waals surface area contributed by atoms with Gasteiger partial charge < -0.3 is 9.47 Å². The van der Waals surface area contributed by atoms with Gasteiger partial charge in [0.2, 0.25) is 0 Å². The highest BCUT2D eigenvalue weighted by molar-refractivity contribution is 5.14. The summed E-state index contributed by atoms with van der Waals surface area (Å²) in [6, 6.07) is 0. The fourth-order valence-corrected chi connectivity index (χ4v) is 1.44. The molecule has 0 heterocycles. The molecule has 0 aromatic rings. The van der Waals surface area contributed by atoms with Gasteiger partial charge in [0.1, 0.15) is 0 Å². The zero-order chi connectivity index (χ0) is 8.81. The summed E-state index contributed by atoms with van der Waals surface area (Å²) in [6.07, 6.45) is 8.48. The third kappa shape index (κ3) is 2.47. The Morgan fingerprint density at radius 3 is 1.67 bits per heavy atom. The van der Waals surface area contributed by atoms with E-state index in [1.165, 1.54) is 0 Å². The predicted molar refractivity (Wildman–Crippen MR) is 49.0 cm³/mol. The number of hydrogen-bond acceptors (Lipinski definition) is 2. The second kappa shape index (κ2) is 5.12. The van der Waals surface area contributed by atoms with E-state index in [9.17, 15) is 0 Å². The lowest BCUT2D eigenvalue weighted by Gasteiger charge is -2.22. The predicted octanol–water partition coefficient (Wildman–Crippen LogP) is 1.64. The van der Waals surface area contributed by atoms with Crippen molar-refractivity contribution in [3.63, 3.8) is 0 Å². The third-order valence-electron chi connectivity index (χ3n) is 2.10. The van der Waals surface area contributed by atoms with Gasteiger partial charge in [-0.05, 0) is 0 Å². The average Bonchev–Trinajstić information content (AvgIpc) is 2.09. The molecule has 0 fully saturated rings. The van der Waals surface area contributed by atoms with Crippen LogP contribution >= 0.6 is 0 Å². The maximum atomic E-state index is 5.12. The molecule has 0 unspecified atom stereocenters. The standard InChI is InChI=1S/C10H16O2/c1-11-7-9-5-3-4-6-10(9)8-12-2/h3-6,9-10H,7-8H2,1-2H3/t9-,10+.